The SMILES string of the molecule is CC1C(Oc2nc(OC[C@@]34CCCN3C[C@H](F)C4)nc3c(F)c(-c4ccc(F)c5sc(NC(=O)OC(C)(C)C)nc45)c(C(F)(F)F)cc23)CCN1C(=O)OC(C)(C)C. The van der Waals surface area contributed by atoms with Crippen molar-refractivity contribution < 1.29 is 54.9 Å². The average Bonchev–Trinajstić information content (AvgIpc) is 3.85. The number of ether oxygens (including phenoxy) is 4. The molecule has 0 radical (unpaired) electrons. The molecule has 3 aliphatic rings. The summed E-state index contributed by atoms with van der Waals surface area (Å²) in [5, 5.41) is 1.72. The fourth-order valence-electron chi connectivity index (χ4n) is 7.88. The summed E-state index contributed by atoms with van der Waals surface area (Å²) in [4.78, 5) is 41.7. The summed E-state index contributed by atoms with van der Waals surface area (Å²) in [6, 6.07) is 1.44. The van der Waals surface area contributed by atoms with Crippen LogP contribution in [-0.4, -0.2) is 98.2 Å². The lowest BCUT2D eigenvalue weighted by atomic mass is 9.95. The second-order valence-electron chi connectivity index (χ2n) is 17.0. The van der Waals surface area contributed by atoms with Crippen molar-refractivity contribution in [3.05, 3.63) is 35.4 Å². The van der Waals surface area contributed by atoms with Crippen molar-refractivity contribution in [1.82, 2.24) is 24.8 Å². The topological polar surface area (TPSA) is 128 Å². The Bertz CT molecular complexity index is 2260. The highest BCUT2D eigenvalue weighted by molar-refractivity contribution is 7.22. The maximum atomic E-state index is 17.2. The number of nitrogens with one attached hydrogen (secondary N) is 1. The fraction of sp³-hybridized carbons (Fsp3) is 0.564. The molecule has 1 N–H and O–H groups in total. The van der Waals surface area contributed by atoms with E-state index in [-0.39, 0.29) is 47.9 Å². The number of halogens is 6. The van der Waals surface area contributed by atoms with Gasteiger partial charge < -0.3 is 23.8 Å². The van der Waals surface area contributed by atoms with Gasteiger partial charge in [-0.25, -0.2) is 27.7 Å². The van der Waals surface area contributed by atoms with E-state index in [2.05, 4.69) is 20.3 Å². The van der Waals surface area contributed by atoms with Crippen LogP contribution in [0.25, 0.3) is 32.2 Å². The molecule has 0 aliphatic carbocycles. The van der Waals surface area contributed by atoms with Crippen molar-refractivity contribution in [2.75, 3.05) is 31.6 Å². The van der Waals surface area contributed by atoms with Gasteiger partial charge in [-0.1, -0.05) is 11.3 Å². The van der Waals surface area contributed by atoms with Gasteiger partial charge in [-0.3, -0.25) is 10.2 Å². The van der Waals surface area contributed by atoms with E-state index in [4.69, 9.17) is 18.9 Å². The first-order chi connectivity index (χ1) is 27.0. The van der Waals surface area contributed by atoms with Gasteiger partial charge in [0, 0.05) is 37.1 Å². The van der Waals surface area contributed by atoms with Gasteiger partial charge in [0.2, 0.25) is 5.88 Å². The van der Waals surface area contributed by atoms with Gasteiger partial charge >= 0.3 is 24.4 Å². The second-order valence-corrected chi connectivity index (χ2v) is 18.0. The number of benzene rings is 2. The summed E-state index contributed by atoms with van der Waals surface area (Å²) in [5.41, 5.74) is -6.22. The molecule has 19 heteroatoms. The van der Waals surface area contributed by atoms with Crippen LogP contribution in [0, 0.1) is 11.6 Å². The Balaban J connectivity index is 1.35. The van der Waals surface area contributed by atoms with E-state index in [1.54, 1.807) is 48.5 Å². The summed E-state index contributed by atoms with van der Waals surface area (Å²) >= 11 is 0.628. The Morgan fingerprint density at radius 2 is 1.72 bits per heavy atom. The summed E-state index contributed by atoms with van der Waals surface area (Å²) in [7, 11) is 0. The highest BCUT2D eigenvalue weighted by Gasteiger charge is 2.49. The first-order valence-corrected chi connectivity index (χ1v) is 19.7. The Labute approximate surface area is 334 Å². The molecule has 0 spiro atoms. The molecule has 4 aromatic rings. The van der Waals surface area contributed by atoms with Crippen LogP contribution in [0.3, 0.4) is 0 Å². The molecule has 2 aromatic carbocycles. The van der Waals surface area contributed by atoms with Gasteiger partial charge in [0.25, 0.3) is 0 Å². The predicted molar refractivity (Wildman–Crippen MR) is 203 cm³/mol. The molecule has 2 amide bonds. The van der Waals surface area contributed by atoms with Gasteiger partial charge in [-0.2, -0.15) is 23.1 Å². The Kier molecular flexibility index (Phi) is 10.6. The monoisotopic (exact) mass is 838 g/mol. The summed E-state index contributed by atoms with van der Waals surface area (Å²) < 4.78 is 115. The van der Waals surface area contributed by atoms with E-state index < -0.39 is 105 Å². The number of carbonyl (C=O) groups is 2. The number of amides is 2. The maximum absolute atomic E-state index is 17.2. The third kappa shape index (κ3) is 8.28. The number of hydrogen-bond acceptors (Lipinski definition) is 11. The molecule has 0 saturated carbocycles. The first kappa shape index (κ1) is 41.5. The zero-order valence-corrected chi connectivity index (χ0v) is 33.8. The van der Waals surface area contributed by atoms with E-state index in [0.29, 0.717) is 30.4 Å². The molecular formula is C39H44F6N6O6S. The number of aromatic nitrogens is 3. The van der Waals surface area contributed by atoms with Crippen molar-refractivity contribution in [3.63, 3.8) is 0 Å². The highest BCUT2D eigenvalue weighted by Crippen LogP contribution is 2.47. The number of nitrogens with zero attached hydrogens (tertiary/aromatic N) is 5. The van der Waals surface area contributed by atoms with Crippen LogP contribution in [0.1, 0.15) is 79.7 Å². The molecule has 2 aromatic heterocycles. The molecular weight excluding hydrogens is 795 g/mol. The van der Waals surface area contributed by atoms with E-state index in [1.165, 1.54) is 4.90 Å². The van der Waals surface area contributed by atoms with Crippen LogP contribution < -0.4 is 14.8 Å². The van der Waals surface area contributed by atoms with Crippen LogP contribution >= 0.6 is 11.3 Å². The van der Waals surface area contributed by atoms with Gasteiger partial charge in [0.1, 0.15) is 41.4 Å². The second kappa shape index (κ2) is 14.9. The van der Waals surface area contributed by atoms with Gasteiger partial charge in [-0.15, -0.1) is 0 Å². The Morgan fingerprint density at radius 1 is 1.00 bits per heavy atom. The van der Waals surface area contributed by atoms with Crippen LogP contribution in [0.5, 0.6) is 11.9 Å². The average molecular weight is 839 g/mol. The van der Waals surface area contributed by atoms with Crippen LogP contribution in [-0.2, 0) is 15.7 Å². The molecule has 314 valence electrons. The third-order valence-corrected chi connectivity index (χ3v) is 11.3. The highest BCUT2D eigenvalue weighted by atomic mass is 32.1. The quantitative estimate of drug-likeness (QED) is 0.180. The molecule has 5 heterocycles. The molecule has 3 fully saturated rings. The summed E-state index contributed by atoms with van der Waals surface area (Å²) in [6.07, 6.45) is -6.79. The number of carbonyl (C=O) groups excluding carboxylic acids is 2. The number of hydrogen-bond donors (Lipinski definition) is 1. The van der Waals surface area contributed by atoms with Crippen molar-refractivity contribution in [2.24, 2.45) is 0 Å². The minimum Gasteiger partial charge on any atom is -0.471 e. The summed E-state index contributed by atoms with van der Waals surface area (Å²) in [6.45, 7) is 12.7. The number of alkyl halides is 4. The van der Waals surface area contributed by atoms with Crippen molar-refractivity contribution in [1.29, 1.82) is 0 Å². The minimum atomic E-state index is -5.18. The lowest BCUT2D eigenvalue weighted by Gasteiger charge is -2.31. The normalized spacial score (nSPS) is 22.8. The molecule has 58 heavy (non-hydrogen) atoms. The lowest BCUT2D eigenvalue weighted by molar-refractivity contribution is -0.137. The maximum Gasteiger partial charge on any atom is 0.417 e. The zero-order valence-electron chi connectivity index (χ0n) is 33.0. The van der Waals surface area contributed by atoms with Crippen LogP contribution in [0.15, 0.2) is 18.2 Å². The molecule has 4 atom stereocenters. The Morgan fingerprint density at radius 3 is 2.41 bits per heavy atom. The van der Waals surface area contributed by atoms with E-state index in [1.807, 2.05) is 4.90 Å². The number of fused-ring (bicyclic) bond motifs is 3. The van der Waals surface area contributed by atoms with Crippen molar-refractivity contribution >= 4 is 49.8 Å². The summed E-state index contributed by atoms with van der Waals surface area (Å²) in [5.74, 6) is -2.76. The van der Waals surface area contributed by atoms with Crippen LogP contribution in [0.4, 0.5) is 41.1 Å². The zero-order chi connectivity index (χ0) is 42.1. The van der Waals surface area contributed by atoms with Crippen molar-refractivity contribution in [2.45, 2.75) is 115 Å². The smallest absolute Gasteiger partial charge is 0.417 e. The lowest BCUT2D eigenvalue weighted by Crippen LogP contribution is -2.43. The van der Waals surface area contributed by atoms with Gasteiger partial charge in [-0.05, 0) is 86.1 Å². The molecule has 0 bridgehead atoms. The first-order valence-electron chi connectivity index (χ1n) is 18.9. The van der Waals surface area contributed by atoms with E-state index >= 15 is 22.0 Å². The minimum absolute atomic E-state index is 0.0788. The molecule has 7 rings (SSSR count). The van der Waals surface area contributed by atoms with Gasteiger partial charge in [0.05, 0.1) is 32.7 Å². The van der Waals surface area contributed by atoms with E-state index in [9.17, 15) is 14.0 Å². The third-order valence-electron chi connectivity index (χ3n) is 10.4. The standard InChI is InChI=1S/C39H44F6N6O6S/c1-19-25(11-14-51(19)35(53)57-37(5,6)7)55-31-22-15-23(39(43,44)45)26(21-9-10-24(41)30-29(21)47-33(58-30)49-34(52)56-36(2,3)4)27(42)28(22)46-32(48-31)54-18-38-12-8-13-50(38)17-20(40)16-38/h9-10,15,19-20,25H,8,11-14,16-18H2,1-7H3,(H,47,49,52)/t19?,20-,25?,38+/m1/s1. The predicted octanol–water partition coefficient (Wildman–Crippen LogP) is 9.28. The van der Waals surface area contributed by atoms with E-state index in [0.717, 1.165) is 18.6 Å². The Hall–Kier alpha value is -4.65. The molecule has 2 unspecified atom stereocenters. The molecule has 3 aliphatic heterocycles. The van der Waals surface area contributed by atoms with Crippen molar-refractivity contribution in [3.8, 4) is 23.0 Å². The molecule has 12 nitrogen and oxygen atoms in total. The molecule has 3 saturated heterocycles. The number of thiazole rings is 1. The largest absolute Gasteiger partial charge is 0.471 e. The number of likely N-dealkylation sites (tertiary alicyclic amines) is 1. The number of anilines is 1. The number of rotatable bonds is 7. The fourth-order valence-corrected chi connectivity index (χ4v) is 8.76. The van der Waals surface area contributed by atoms with Crippen LogP contribution in [0.2, 0.25) is 0 Å². The van der Waals surface area contributed by atoms with Gasteiger partial charge in [0.15, 0.2) is 10.9 Å².